The average Bonchev–Trinajstić information content (AvgIpc) is 3.51. The summed E-state index contributed by atoms with van der Waals surface area (Å²) in [6, 6.07) is 5.33. The topological polar surface area (TPSA) is 87.3 Å². The molecule has 3 saturated carbocycles. The van der Waals surface area contributed by atoms with E-state index in [0.29, 0.717) is 34.8 Å². The van der Waals surface area contributed by atoms with Crippen molar-refractivity contribution in [2.24, 2.45) is 35.5 Å². The molecule has 3 aliphatic carbocycles. The van der Waals surface area contributed by atoms with Crippen LogP contribution >= 0.6 is 0 Å². The molecule has 3 N–H and O–H groups in total. The van der Waals surface area contributed by atoms with Crippen molar-refractivity contribution in [3.05, 3.63) is 18.2 Å². The van der Waals surface area contributed by atoms with Gasteiger partial charge in [-0.2, -0.15) is 0 Å². The van der Waals surface area contributed by atoms with Crippen LogP contribution in [0, 0.1) is 35.5 Å². The molecule has 0 spiro atoms. The number of hydrogen-bond acceptors (Lipinski definition) is 3. The van der Waals surface area contributed by atoms with Gasteiger partial charge in [0.1, 0.15) is 0 Å². The first-order chi connectivity index (χ1) is 12.8. The molecule has 1 aromatic carbocycles. The molecule has 6 nitrogen and oxygen atoms in total. The number of carbonyl (C=O) groups is 3. The molecule has 0 saturated heterocycles. The molecule has 0 heterocycles. The third-order valence-corrected chi connectivity index (χ3v) is 6.17. The van der Waals surface area contributed by atoms with Crippen LogP contribution in [-0.2, 0) is 14.4 Å². The molecular weight excluding hydrogens is 342 g/mol. The molecule has 0 aliphatic heterocycles. The van der Waals surface area contributed by atoms with Crippen molar-refractivity contribution in [3.63, 3.8) is 0 Å². The van der Waals surface area contributed by atoms with E-state index in [2.05, 4.69) is 29.8 Å². The fourth-order valence-electron chi connectivity index (χ4n) is 3.62. The molecular formula is C21H27N3O3. The average molecular weight is 369 g/mol. The number of hydrogen-bond donors (Lipinski definition) is 3. The summed E-state index contributed by atoms with van der Waals surface area (Å²) in [5.74, 6) is 1.12. The van der Waals surface area contributed by atoms with Gasteiger partial charge in [0.05, 0.1) is 17.1 Å². The van der Waals surface area contributed by atoms with E-state index in [1.165, 1.54) is 0 Å². The van der Waals surface area contributed by atoms with Gasteiger partial charge >= 0.3 is 0 Å². The SMILES string of the molecule is CC1CC1C(=O)Nc1cccc(NC(=O)C2CC2C)c1NC(=O)C1CC1C. The molecule has 0 radical (unpaired) electrons. The maximum Gasteiger partial charge on any atom is 0.227 e. The lowest BCUT2D eigenvalue weighted by atomic mass is 10.2. The quantitative estimate of drug-likeness (QED) is 0.717. The minimum atomic E-state index is -0.0562. The van der Waals surface area contributed by atoms with Gasteiger partial charge in [-0.15, -0.1) is 0 Å². The van der Waals surface area contributed by atoms with Gasteiger partial charge in [-0.1, -0.05) is 26.8 Å². The number of para-hydroxylation sites is 1. The van der Waals surface area contributed by atoms with Crippen LogP contribution in [0.3, 0.4) is 0 Å². The van der Waals surface area contributed by atoms with Gasteiger partial charge < -0.3 is 16.0 Å². The zero-order valence-electron chi connectivity index (χ0n) is 16.0. The Morgan fingerprint density at radius 1 is 0.704 bits per heavy atom. The lowest BCUT2D eigenvalue weighted by Crippen LogP contribution is -2.22. The third kappa shape index (κ3) is 3.84. The largest absolute Gasteiger partial charge is 0.324 e. The molecule has 6 heteroatoms. The molecule has 4 rings (SSSR count). The van der Waals surface area contributed by atoms with Gasteiger partial charge in [0.15, 0.2) is 0 Å². The molecule has 3 aliphatic rings. The highest BCUT2D eigenvalue weighted by atomic mass is 16.2. The first-order valence-electron chi connectivity index (χ1n) is 9.90. The van der Waals surface area contributed by atoms with Crippen molar-refractivity contribution in [1.82, 2.24) is 0 Å². The predicted octanol–water partition coefficient (Wildman–Crippen LogP) is 3.47. The van der Waals surface area contributed by atoms with Crippen LogP contribution in [-0.4, -0.2) is 17.7 Å². The number of anilines is 3. The van der Waals surface area contributed by atoms with E-state index >= 15 is 0 Å². The minimum Gasteiger partial charge on any atom is -0.324 e. The van der Waals surface area contributed by atoms with E-state index in [4.69, 9.17) is 0 Å². The first kappa shape index (κ1) is 18.0. The van der Waals surface area contributed by atoms with Crippen LogP contribution < -0.4 is 16.0 Å². The highest BCUT2D eigenvalue weighted by Crippen LogP contribution is 2.43. The van der Waals surface area contributed by atoms with Gasteiger partial charge in [0, 0.05) is 17.8 Å². The Morgan fingerprint density at radius 3 is 1.37 bits per heavy atom. The van der Waals surface area contributed by atoms with Gasteiger partial charge in [0.2, 0.25) is 17.7 Å². The number of amides is 3. The summed E-state index contributed by atoms with van der Waals surface area (Å²) < 4.78 is 0. The van der Waals surface area contributed by atoms with Gasteiger partial charge in [-0.25, -0.2) is 0 Å². The van der Waals surface area contributed by atoms with Gasteiger partial charge in [-0.3, -0.25) is 14.4 Å². The number of carbonyl (C=O) groups excluding carboxylic acids is 3. The van der Waals surface area contributed by atoms with E-state index in [-0.39, 0.29) is 35.5 Å². The summed E-state index contributed by atoms with van der Waals surface area (Å²) in [4.78, 5) is 37.3. The normalized spacial score (nSPS) is 33.0. The highest BCUT2D eigenvalue weighted by molar-refractivity contribution is 6.08. The highest BCUT2D eigenvalue weighted by Gasteiger charge is 2.42. The molecule has 0 bridgehead atoms. The molecule has 27 heavy (non-hydrogen) atoms. The van der Waals surface area contributed by atoms with Crippen LogP contribution in [0.1, 0.15) is 40.0 Å². The van der Waals surface area contributed by atoms with E-state index in [1.54, 1.807) is 18.2 Å². The van der Waals surface area contributed by atoms with E-state index < -0.39 is 0 Å². The summed E-state index contributed by atoms with van der Waals surface area (Å²) in [5.41, 5.74) is 1.58. The van der Waals surface area contributed by atoms with Crippen molar-refractivity contribution in [1.29, 1.82) is 0 Å². The van der Waals surface area contributed by atoms with Gasteiger partial charge in [0.25, 0.3) is 0 Å². The third-order valence-electron chi connectivity index (χ3n) is 6.17. The second-order valence-corrected chi connectivity index (χ2v) is 8.65. The van der Waals surface area contributed by atoms with Crippen LogP contribution in [0.15, 0.2) is 18.2 Å². The molecule has 1 aromatic rings. The maximum atomic E-state index is 12.5. The Labute approximate surface area is 159 Å². The molecule has 3 fully saturated rings. The summed E-state index contributed by atoms with van der Waals surface area (Å²) in [6.45, 7) is 6.15. The predicted molar refractivity (Wildman–Crippen MR) is 104 cm³/mol. The minimum absolute atomic E-state index is 0.00391. The van der Waals surface area contributed by atoms with Crippen LogP contribution in [0.5, 0.6) is 0 Å². The summed E-state index contributed by atoms with van der Waals surface area (Å²) in [6.07, 6.45) is 2.66. The zero-order valence-corrected chi connectivity index (χ0v) is 16.0. The zero-order chi connectivity index (χ0) is 19.3. The first-order valence-corrected chi connectivity index (χ1v) is 9.90. The Balaban J connectivity index is 1.56. The lowest BCUT2D eigenvalue weighted by molar-refractivity contribution is -0.118. The van der Waals surface area contributed by atoms with Crippen molar-refractivity contribution < 1.29 is 14.4 Å². The Morgan fingerprint density at radius 2 is 1.04 bits per heavy atom. The summed E-state index contributed by atoms with van der Waals surface area (Å²) >= 11 is 0. The molecule has 3 amide bonds. The van der Waals surface area contributed by atoms with E-state index in [0.717, 1.165) is 19.3 Å². The second-order valence-electron chi connectivity index (χ2n) is 8.65. The standard InChI is InChI=1S/C21H27N3O3/c1-10-7-13(10)19(25)22-16-5-4-6-17(23-20(26)14-8-11(14)2)18(16)24-21(27)15-9-12(15)3/h4-6,10-15H,7-9H2,1-3H3,(H,22,25)(H,23,26)(H,24,27). The monoisotopic (exact) mass is 369 g/mol. The molecule has 144 valence electrons. The van der Waals surface area contributed by atoms with Crippen molar-refractivity contribution in [2.75, 3.05) is 16.0 Å². The second kappa shape index (κ2) is 6.66. The molecule has 6 atom stereocenters. The van der Waals surface area contributed by atoms with Crippen LogP contribution in [0.4, 0.5) is 17.1 Å². The molecule has 0 aromatic heterocycles. The Kier molecular flexibility index (Phi) is 4.44. The lowest BCUT2D eigenvalue weighted by Gasteiger charge is -2.17. The van der Waals surface area contributed by atoms with Crippen LogP contribution in [0.2, 0.25) is 0 Å². The number of rotatable bonds is 6. The van der Waals surface area contributed by atoms with Crippen molar-refractivity contribution in [2.45, 2.75) is 40.0 Å². The molecule has 6 unspecified atom stereocenters. The Bertz CT molecular complexity index is 758. The summed E-state index contributed by atoms with van der Waals surface area (Å²) in [7, 11) is 0. The fraction of sp³-hybridized carbons (Fsp3) is 0.571. The van der Waals surface area contributed by atoms with Crippen LogP contribution in [0.25, 0.3) is 0 Å². The smallest absolute Gasteiger partial charge is 0.227 e. The maximum absolute atomic E-state index is 12.5. The summed E-state index contributed by atoms with van der Waals surface area (Å²) in [5, 5.41) is 8.84. The van der Waals surface area contributed by atoms with E-state index in [9.17, 15) is 14.4 Å². The van der Waals surface area contributed by atoms with E-state index in [1.807, 2.05) is 6.92 Å². The Hall–Kier alpha value is -2.37. The van der Waals surface area contributed by atoms with Crippen molar-refractivity contribution in [3.8, 4) is 0 Å². The van der Waals surface area contributed by atoms with Crippen molar-refractivity contribution >= 4 is 34.8 Å². The number of nitrogens with one attached hydrogen (secondary N) is 3. The van der Waals surface area contributed by atoms with Gasteiger partial charge in [-0.05, 0) is 49.1 Å². The number of benzene rings is 1. The fourth-order valence-corrected chi connectivity index (χ4v) is 3.62.